The van der Waals surface area contributed by atoms with Gasteiger partial charge in [0.1, 0.15) is 11.6 Å². The van der Waals surface area contributed by atoms with Gasteiger partial charge in [0.05, 0.1) is 5.69 Å². The molecule has 20 heavy (non-hydrogen) atoms. The van der Waals surface area contributed by atoms with Crippen LogP contribution >= 0.6 is 0 Å². The SMILES string of the molecule is Cc1oc(C(=O)O)cc1CNc1cc(F)cc(F)c1F. The lowest BCUT2D eigenvalue weighted by atomic mass is 10.2. The first-order chi connectivity index (χ1) is 9.38. The lowest BCUT2D eigenvalue weighted by Gasteiger charge is -2.07. The summed E-state index contributed by atoms with van der Waals surface area (Å²) in [5, 5.41) is 11.2. The number of carboxylic acids is 1. The van der Waals surface area contributed by atoms with E-state index in [1.807, 2.05) is 0 Å². The second-order valence-electron chi connectivity index (χ2n) is 4.10. The van der Waals surface area contributed by atoms with E-state index in [0.29, 0.717) is 17.4 Å². The average Bonchev–Trinajstić information content (AvgIpc) is 2.74. The first-order valence-corrected chi connectivity index (χ1v) is 5.59. The van der Waals surface area contributed by atoms with Crippen LogP contribution in [-0.4, -0.2) is 11.1 Å². The Morgan fingerprint density at radius 1 is 1.30 bits per heavy atom. The molecule has 0 aliphatic heterocycles. The molecule has 2 rings (SSSR count). The molecule has 1 heterocycles. The summed E-state index contributed by atoms with van der Waals surface area (Å²) in [6.45, 7) is 1.51. The zero-order valence-electron chi connectivity index (χ0n) is 10.3. The molecule has 1 aromatic carbocycles. The molecule has 0 amide bonds. The van der Waals surface area contributed by atoms with Crippen LogP contribution in [0.3, 0.4) is 0 Å². The third-order valence-electron chi connectivity index (χ3n) is 2.69. The predicted molar refractivity (Wildman–Crippen MR) is 64.0 cm³/mol. The van der Waals surface area contributed by atoms with Crippen molar-refractivity contribution in [2.45, 2.75) is 13.5 Å². The molecular weight excluding hydrogens is 275 g/mol. The van der Waals surface area contributed by atoms with Gasteiger partial charge in [-0.3, -0.25) is 0 Å². The van der Waals surface area contributed by atoms with Gasteiger partial charge in [-0.05, 0) is 13.0 Å². The van der Waals surface area contributed by atoms with Crippen molar-refractivity contribution in [1.29, 1.82) is 0 Å². The molecule has 0 fully saturated rings. The summed E-state index contributed by atoms with van der Waals surface area (Å²) in [7, 11) is 0. The van der Waals surface area contributed by atoms with Gasteiger partial charge >= 0.3 is 5.97 Å². The van der Waals surface area contributed by atoms with Crippen LogP contribution in [0, 0.1) is 24.4 Å². The van der Waals surface area contributed by atoms with Crippen molar-refractivity contribution in [1.82, 2.24) is 0 Å². The number of benzene rings is 1. The van der Waals surface area contributed by atoms with Gasteiger partial charge in [-0.15, -0.1) is 0 Å². The number of aromatic carboxylic acids is 1. The van der Waals surface area contributed by atoms with Crippen molar-refractivity contribution in [2.24, 2.45) is 0 Å². The molecule has 7 heteroatoms. The van der Waals surface area contributed by atoms with Gasteiger partial charge in [-0.25, -0.2) is 18.0 Å². The van der Waals surface area contributed by atoms with Crippen molar-refractivity contribution in [3.8, 4) is 0 Å². The Kier molecular flexibility index (Phi) is 3.69. The minimum atomic E-state index is -1.30. The highest BCUT2D eigenvalue weighted by molar-refractivity contribution is 5.84. The largest absolute Gasteiger partial charge is 0.475 e. The van der Waals surface area contributed by atoms with Gasteiger partial charge in [0.2, 0.25) is 5.76 Å². The van der Waals surface area contributed by atoms with Gasteiger partial charge in [0.25, 0.3) is 0 Å². The normalized spacial score (nSPS) is 10.6. The molecule has 0 bridgehead atoms. The van der Waals surface area contributed by atoms with Gasteiger partial charge in [-0.2, -0.15) is 0 Å². The second kappa shape index (κ2) is 5.28. The highest BCUT2D eigenvalue weighted by Gasteiger charge is 2.15. The number of anilines is 1. The van der Waals surface area contributed by atoms with Crippen LogP contribution in [-0.2, 0) is 6.54 Å². The van der Waals surface area contributed by atoms with Crippen LogP contribution in [0.5, 0.6) is 0 Å². The van der Waals surface area contributed by atoms with Gasteiger partial charge in [0.15, 0.2) is 11.6 Å². The Morgan fingerprint density at radius 3 is 2.60 bits per heavy atom. The number of nitrogens with one attached hydrogen (secondary N) is 1. The van der Waals surface area contributed by atoms with Crippen LogP contribution < -0.4 is 5.32 Å². The van der Waals surface area contributed by atoms with E-state index < -0.39 is 23.4 Å². The molecule has 0 aliphatic rings. The third-order valence-corrected chi connectivity index (χ3v) is 2.69. The fraction of sp³-hybridized carbons (Fsp3) is 0.154. The molecule has 4 nitrogen and oxygen atoms in total. The second-order valence-corrected chi connectivity index (χ2v) is 4.10. The standard InChI is InChI=1S/C13H10F3NO3/c1-6-7(2-11(20-6)13(18)19)5-17-10-4-8(14)3-9(15)12(10)16/h2-4,17H,5H2,1H3,(H,18,19). The topological polar surface area (TPSA) is 62.5 Å². The summed E-state index contributed by atoms with van der Waals surface area (Å²) in [6.07, 6.45) is 0. The zero-order valence-corrected chi connectivity index (χ0v) is 10.3. The van der Waals surface area contributed by atoms with E-state index in [4.69, 9.17) is 9.52 Å². The van der Waals surface area contributed by atoms with E-state index in [1.165, 1.54) is 13.0 Å². The molecular formula is C13H10F3NO3. The minimum absolute atomic E-state index is 0.0254. The molecule has 0 aliphatic carbocycles. The Balaban J connectivity index is 2.19. The lowest BCUT2D eigenvalue weighted by molar-refractivity contribution is 0.0661. The lowest BCUT2D eigenvalue weighted by Crippen LogP contribution is -2.04. The first-order valence-electron chi connectivity index (χ1n) is 5.59. The fourth-order valence-electron chi connectivity index (χ4n) is 1.68. The van der Waals surface area contributed by atoms with Crippen molar-refractivity contribution in [2.75, 3.05) is 5.32 Å². The first kappa shape index (κ1) is 14.0. The number of aryl methyl sites for hydroxylation is 1. The maximum absolute atomic E-state index is 13.4. The van der Waals surface area contributed by atoms with E-state index in [2.05, 4.69) is 5.32 Å². The van der Waals surface area contributed by atoms with Crippen LogP contribution in [0.4, 0.5) is 18.9 Å². The third kappa shape index (κ3) is 2.76. The van der Waals surface area contributed by atoms with Gasteiger partial charge in [-0.1, -0.05) is 0 Å². The van der Waals surface area contributed by atoms with Crippen LogP contribution in [0.2, 0.25) is 0 Å². The molecule has 0 atom stereocenters. The molecule has 2 N–H and O–H groups in total. The monoisotopic (exact) mass is 285 g/mol. The number of carbonyl (C=O) groups is 1. The summed E-state index contributed by atoms with van der Waals surface area (Å²) in [4.78, 5) is 10.7. The van der Waals surface area contributed by atoms with Gasteiger partial charge in [0, 0.05) is 24.2 Å². The molecule has 0 unspecified atom stereocenters. The quantitative estimate of drug-likeness (QED) is 0.846. The molecule has 1 aromatic heterocycles. The number of carboxylic acid groups (broad SMARTS) is 1. The number of halogens is 3. The summed E-state index contributed by atoms with van der Waals surface area (Å²) in [5.41, 5.74) is 0.103. The maximum Gasteiger partial charge on any atom is 0.371 e. The maximum atomic E-state index is 13.4. The molecule has 2 aromatic rings. The number of hydrogen-bond donors (Lipinski definition) is 2. The number of furan rings is 1. The minimum Gasteiger partial charge on any atom is -0.475 e. The highest BCUT2D eigenvalue weighted by Crippen LogP contribution is 2.21. The smallest absolute Gasteiger partial charge is 0.371 e. The summed E-state index contributed by atoms with van der Waals surface area (Å²) < 4.78 is 44.3. The van der Waals surface area contributed by atoms with Crippen LogP contribution in [0.15, 0.2) is 22.6 Å². The van der Waals surface area contributed by atoms with E-state index in [9.17, 15) is 18.0 Å². The fourth-order valence-corrected chi connectivity index (χ4v) is 1.68. The van der Waals surface area contributed by atoms with Crippen molar-refractivity contribution in [3.63, 3.8) is 0 Å². The van der Waals surface area contributed by atoms with Gasteiger partial charge < -0.3 is 14.8 Å². The van der Waals surface area contributed by atoms with Crippen LogP contribution in [0.25, 0.3) is 0 Å². The van der Waals surface area contributed by atoms with E-state index >= 15 is 0 Å². The van der Waals surface area contributed by atoms with E-state index in [0.717, 1.165) is 6.07 Å². The Hall–Kier alpha value is -2.44. The number of rotatable bonds is 4. The summed E-state index contributed by atoms with van der Waals surface area (Å²) >= 11 is 0. The molecule has 0 spiro atoms. The van der Waals surface area contributed by atoms with Crippen molar-refractivity contribution in [3.05, 3.63) is 52.7 Å². The highest BCUT2D eigenvalue weighted by atomic mass is 19.2. The van der Waals surface area contributed by atoms with E-state index in [-0.39, 0.29) is 18.0 Å². The molecule has 0 saturated heterocycles. The predicted octanol–water partition coefficient (Wildman–Crippen LogP) is 3.32. The van der Waals surface area contributed by atoms with Crippen molar-refractivity contribution < 1.29 is 27.5 Å². The molecule has 0 saturated carbocycles. The zero-order chi connectivity index (χ0) is 14.9. The van der Waals surface area contributed by atoms with Crippen LogP contribution in [0.1, 0.15) is 21.9 Å². The summed E-state index contributed by atoms with van der Waals surface area (Å²) in [6, 6.07) is 2.51. The average molecular weight is 285 g/mol. The van der Waals surface area contributed by atoms with E-state index in [1.54, 1.807) is 0 Å². The Labute approximate surface area is 111 Å². The molecule has 0 radical (unpaired) electrons. The Bertz CT molecular complexity index is 667. The molecule has 106 valence electrons. The van der Waals surface area contributed by atoms with Crippen molar-refractivity contribution >= 4 is 11.7 Å². The summed E-state index contributed by atoms with van der Waals surface area (Å²) in [5.74, 6) is -4.59. The Morgan fingerprint density at radius 2 is 2.00 bits per heavy atom. The number of hydrogen-bond acceptors (Lipinski definition) is 3.